The Labute approximate surface area is 150 Å². The molecule has 1 amide bonds. The van der Waals surface area contributed by atoms with Crippen molar-refractivity contribution >= 4 is 17.2 Å². The first kappa shape index (κ1) is 16.1. The third-order valence-electron chi connectivity index (χ3n) is 4.28. The molecule has 1 aromatic carbocycles. The fourth-order valence-corrected chi connectivity index (χ4v) is 3.57. The number of hydrogen-bond donors (Lipinski definition) is 0. The van der Waals surface area contributed by atoms with Gasteiger partial charge < -0.3 is 9.64 Å². The van der Waals surface area contributed by atoms with Gasteiger partial charge in [0.1, 0.15) is 11.4 Å². The van der Waals surface area contributed by atoms with Crippen molar-refractivity contribution in [1.82, 2.24) is 14.7 Å². The summed E-state index contributed by atoms with van der Waals surface area (Å²) >= 11 is 1.62. The Morgan fingerprint density at radius 2 is 1.92 bits per heavy atom. The molecule has 4 rings (SSSR count). The highest BCUT2D eigenvalue weighted by molar-refractivity contribution is 7.13. The number of nitrogens with zero attached hydrogens (tertiary/aromatic N) is 3. The van der Waals surface area contributed by atoms with Gasteiger partial charge in [0, 0.05) is 13.1 Å². The van der Waals surface area contributed by atoms with Crippen LogP contribution in [-0.2, 0) is 4.74 Å². The van der Waals surface area contributed by atoms with Crippen molar-refractivity contribution in [3.05, 3.63) is 59.1 Å². The summed E-state index contributed by atoms with van der Waals surface area (Å²) in [5.41, 5.74) is 3.49. The van der Waals surface area contributed by atoms with Gasteiger partial charge in [-0.2, -0.15) is 5.10 Å². The Hall–Kier alpha value is -2.44. The molecule has 1 aliphatic rings. The van der Waals surface area contributed by atoms with E-state index >= 15 is 0 Å². The maximum Gasteiger partial charge on any atom is 0.272 e. The van der Waals surface area contributed by atoms with E-state index in [0.717, 1.165) is 16.3 Å². The van der Waals surface area contributed by atoms with Crippen molar-refractivity contribution in [3.8, 4) is 16.3 Å². The number of carbonyl (C=O) groups is 1. The molecule has 6 heteroatoms. The Balaban J connectivity index is 1.77. The summed E-state index contributed by atoms with van der Waals surface area (Å²) in [6.07, 6.45) is 0. The first-order valence-electron chi connectivity index (χ1n) is 8.30. The fraction of sp³-hybridized carbons (Fsp3) is 0.263. The summed E-state index contributed by atoms with van der Waals surface area (Å²) in [6.45, 7) is 4.45. The van der Waals surface area contributed by atoms with Gasteiger partial charge in [-0.1, -0.05) is 23.8 Å². The Bertz CT molecular complexity index is 863. The van der Waals surface area contributed by atoms with Gasteiger partial charge >= 0.3 is 0 Å². The van der Waals surface area contributed by atoms with Crippen molar-refractivity contribution in [2.75, 3.05) is 26.3 Å². The van der Waals surface area contributed by atoms with E-state index in [1.54, 1.807) is 16.0 Å². The lowest BCUT2D eigenvalue weighted by Crippen LogP contribution is -2.41. The molecule has 0 spiro atoms. The molecule has 5 nitrogen and oxygen atoms in total. The molecule has 0 aliphatic carbocycles. The summed E-state index contributed by atoms with van der Waals surface area (Å²) < 4.78 is 7.12. The monoisotopic (exact) mass is 353 g/mol. The topological polar surface area (TPSA) is 47.4 Å². The van der Waals surface area contributed by atoms with Gasteiger partial charge in [0.15, 0.2) is 0 Å². The van der Waals surface area contributed by atoms with Crippen LogP contribution in [0.5, 0.6) is 0 Å². The largest absolute Gasteiger partial charge is 0.378 e. The fourth-order valence-electron chi connectivity index (χ4n) is 2.89. The van der Waals surface area contributed by atoms with E-state index in [9.17, 15) is 4.79 Å². The molecule has 3 heterocycles. The quantitative estimate of drug-likeness (QED) is 0.725. The lowest BCUT2D eigenvalue weighted by molar-refractivity contribution is 0.0297. The summed E-state index contributed by atoms with van der Waals surface area (Å²) in [5, 5.41) is 6.73. The second-order valence-electron chi connectivity index (χ2n) is 6.04. The highest BCUT2D eigenvalue weighted by atomic mass is 32.1. The first-order chi connectivity index (χ1) is 12.2. The summed E-state index contributed by atoms with van der Waals surface area (Å²) in [4.78, 5) is 16.0. The number of thiophene rings is 1. The number of morpholine rings is 1. The number of hydrogen-bond acceptors (Lipinski definition) is 4. The summed E-state index contributed by atoms with van der Waals surface area (Å²) in [6, 6.07) is 14.0. The Morgan fingerprint density at radius 3 is 2.60 bits per heavy atom. The van der Waals surface area contributed by atoms with Crippen LogP contribution in [0.1, 0.15) is 16.1 Å². The third kappa shape index (κ3) is 3.23. The van der Waals surface area contributed by atoms with Crippen molar-refractivity contribution in [2.45, 2.75) is 6.92 Å². The van der Waals surface area contributed by atoms with E-state index in [1.165, 1.54) is 5.56 Å². The molecule has 1 aliphatic heterocycles. The molecule has 1 fully saturated rings. The normalized spacial score (nSPS) is 14.7. The molecular weight excluding hydrogens is 334 g/mol. The average molecular weight is 353 g/mol. The van der Waals surface area contributed by atoms with Crippen LogP contribution >= 0.6 is 11.3 Å². The van der Waals surface area contributed by atoms with Gasteiger partial charge in [-0.05, 0) is 36.6 Å². The van der Waals surface area contributed by atoms with Crippen molar-refractivity contribution in [1.29, 1.82) is 0 Å². The number of benzene rings is 1. The highest BCUT2D eigenvalue weighted by Crippen LogP contribution is 2.26. The lowest BCUT2D eigenvalue weighted by Gasteiger charge is -2.26. The molecule has 0 radical (unpaired) electrons. The molecule has 0 bridgehead atoms. The highest BCUT2D eigenvalue weighted by Gasteiger charge is 2.24. The second kappa shape index (κ2) is 6.82. The molecule has 0 atom stereocenters. The Morgan fingerprint density at radius 1 is 1.16 bits per heavy atom. The summed E-state index contributed by atoms with van der Waals surface area (Å²) in [5.74, 6) is -0.000758. The summed E-state index contributed by atoms with van der Waals surface area (Å²) in [7, 11) is 0. The van der Waals surface area contributed by atoms with Gasteiger partial charge in [-0.15, -0.1) is 11.3 Å². The SMILES string of the molecule is Cc1ccc(-n2nc(-c3cccs3)cc2C(=O)N2CCOCC2)cc1. The van der Waals surface area contributed by atoms with Crippen LogP contribution in [0.25, 0.3) is 16.3 Å². The number of aryl methyl sites for hydroxylation is 1. The van der Waals surface area contributed by atoms with E-state index in [1.807, 2.05) is 59.7 Å². The van der Waals surface area contributed by atoms with Gasteiger partial charge in [0.2, 0.25) is 0 Å². The number of rotatable bonds is 3. The number of aromatic nitrogens is 2. The third-order valence-corrected chi connectivity index (χ3v) is 5.17. The molecular formula is C19H19N3O2S. The van der Waals surface area contributed by atoms with E-state index in [2.05, 4.69) is 0 Å². The maximum atomic E-state index is 13.1. The molecule has 128 valence electrons. The van der Waals surface area contributed by atoms with Gasteiger partial charge in [-0.25, -0.2) is 4.68 Å². The molecule has 1 saturated heterocycles. The van der Waals surface area contributed by atoms with Crippen LogP contribution in [0.15, 0.2) is 47.8 Å². The molecule has 2 aromatic heterocycles. The van der Waals surface area contributed by atoms with Crippen LogP contribution in [0, 0.1) is 6.92 Å². The van der Waals surface area contributed by atoms with E-state index in [-0.39, 0.29) is 5.91 Å². The Kier molecular flexibility index (Phi) is 4.38. The molecule has 3 aromatic rings. The molecule has 0 N–H and O–H groups in total. The molecule has 0 unspecified atom stereocenters. The van der Waals surface area contributed by atoms with E-state index in [4.69, 9.17) is 9.84 Å². The standard InChI is InChI=1S/C19H19N3O2S/c1-14-4-6-15(7-5-14)22-17(19(23)21-8-10-24-11-9-21)13-16(20-22)18-3-2-12-25-18/h2-7,12-13H,8-11H2,1H3. The zero-order valence-corrected chi connectivity index (χ0v) is 14.8. The number of amides is 1. The van der Waals surface area contributed by atoms with Crippen LogP contribution < -0.4 is 0 Å². The number of ether oxygens (including phenoxy) is 1. The molecule has 0 saturated carbocycles. The zero-order valence-electron chi connectivity index (χ0n) is 14.0. The first-order valence-corrected chi connectivity index (χ1v) is 9.18. The predicted molar refractivity (Wildman–Crippen MR) is 98.3 cm³/mol. The van der Waals surface area contributed by atoms with E-state index in [0.29, 0.717) is 32.0 Å². The van der Waals surface area contributed by atoms with Crippen molar-refractivity contribution < 1.29 is 9.53 Å². The van der Waals surface area contributed by atoms with Crippen molar-refractivity contribution in [2.24, 2.45) is 0 Å². The van der Waals surface area contributed by atoms with Crippen LogP contribution in [0.3, 0.4) is 0 Å². The zero-order chi connectivity index (χ0) is 17.2. The van der Waals surface area contributed by atoms with Gasteiger partial charge in [-0.3, -0.25) is 4.79 Å². The van der Waals surface area contributed by atoms with Crippen LogP contribution in [0.2, 0.25) is 0 Å². The predicted octanol–water partition coefficient (Wildman–Crippen LogP) is 3.38. The lowest BCUT2D eigenvalue weighted by atomic mass is 10.2. The molecule has 25 heavy (non-hydrogen) atoms. The van der Waals surface area contributed by atoms with Gasteiger partial charge in [0.25, 0.3) is 5.91 Å². The minimum Gasteiger partial charge on any atom is -0.378 e. The minimum absolute atomic E-state index is 0.000758. The minimum atomic E-state index is -0.000758. The maximum absolute atomic E-state index is 13.1. The average Bonchev–Trinajstić information content (AvgIpc) is 3.32. The second-order valence-corrected chi connectivity index (χ2v) is 6.99. The van der Waals surface area contributed by atoms with E-state index < -0.39 is 0 Å². The van der Waals surface area contributed by atoms with Crippen LogP contribution in [0.4, 0.5) is 0 Å². The number of carbonyl (C=O) groups excluding carboxylic acids is 1. The van der Waals surface area contributed by atoms with Crippen LogP contribution in [-0.4, -0.2) is 46.9 Å². The van der Waals surface area contributed by atoms with Gasteiger partial charge in [0.05, 0.1) is 23.8 Å². The van der Waals surface area contributed by atoms with Crippen molar-refractivity contribution in [3.63, 3.8) is 0 Å². The smallest absolute Gasteiger partial charge is 0.272 e.